The van der Waals surface area contributed by atoms with E-state index in [1.165, 1.54) is 0 Å². The predicted octanol–water partition coefficient (Wildman–Crippen LogP) is 0.602. The van der Waals surface area contributed by atoms with E-state index < -0.39 is 12.3 Å². The van der Waals surface area contributed by atoms with Crippen molar-refractivity contribution in [3.63, 3.8) is 0 Å². The van der Waals surface area contributed by atoms with Crippen molar-refractivity contribution in [1.82, 2.24) is 4.98 Å². The van der Waals surface area contributed by atoms with Gasteiger partial charge in [-0.15, -0.1) is 0 Å². The second kappa shape index (κ2) is 2.96. The van der Waals surface area contributed by atoms with Crippen LogP contribution in [-0.2, 0) is 0 Å². The Hall–Kier alpha value is -1.16. The molecular formula is C9H11FN2O. The largest absolute Gasteiger partial charge is 0.393 e. The Kier molecular flexibility index (Phi) is 1.92. The molecule has 4 heteroatoms. The van der Waals surface area contributed by atoms with E-state index in [4.69, 9.17) is 5.11 Å². The molecule has 1 saturated heterocycles. The molecule has 1 fully saturated rings. The van der Waals surface area contributed by atoms with Crippen LogP contribution in [0.15, 0.2) is 24.4 Å². The number of rotatable bonds is 2. The van der Waals surface area contributed by atoms with Crippen LogP contribution in [0.5, 0.6) is 0 Å². The molecule has 70 valence electrons. The normalized spacial score (nSPS) is 19.7. The van der Waals surface area contributed by atoms with E-state index in [9.17, 15) is 4.39 Å². The predicted molar refractivity (Wildman–Crippen MR) is 47.4 cm³/mol. The second-order valence-corrected chi connectivity index (χ2v) is 3.35. The molecule has 3 nitrogen and oxygen atoms in total. The van der Waals surface area contributed by atoms with Gasteiger partial charge in [-0.05, 0) is 12.1 Å². The van der Waals surface area contributed by atoms with Gasteiger partial charge in [-0.1, -0.05) is 6.07 Å². The minimum Gasteiger partial charge on any atom is -0.393 e. The molecule has 0 aliphatic carbocycles. The van der Waals surface area contributed by atoms with E-state index in [1.807, 2.05) is 18.2 Å². The van der Waals surface area contributed by atoms with Gasteiger partial charge in [0.15, 0.2) is 5.67 Å². The maximum atomic E-state index is 13.3. The highest BCUT2D eigenvalue weighted by molar-refractivity contribution is 5.43. The van der Waals surface area contributed by atoms with Crippen molar-refractivity contribution < 1.29 is 9.50 Å². The third-order valence-corrected chi connectivity index (χ3v) is 2.21. The molecule has 0 saturated carbocycles. The number of aromatic nitrogens is 1. The first-order valence-corrected chi connectivity index (χ1v) is 4.19. The van der Waals surface area contributed by atoms with Gasteiger partial charge in [0.1, 0.15) is 5.82 Å². The molecule has 1 N–H and O–H groups in total. The van der Waals surface area contributed by atoms with Crippen LogP contribution in [0.25, 0.3) is 0 Å². The van der Waals surface area contributed by atoms with Gasteiger partial charge < -0.3 is 10.0 Å². The van der Waals surface area contributed by atoms with Crippen LogP contribution in [-0.4, -0.2) is 35.5 Å². The quantitative estimate of drug-likeness (QED) is 0.727. The lowest BCUT2D eigenvalue weighted by molar-refractivity contribution is 0.0440. The molecule has 0 aromatic carbocycles. The van der Waals surface area contributed by atoms with Crippen LogP contribution in [0.4, 0.5) is 10.2 Å². The first kappa shape index (κ1) is 8.44. The Morgan fingerprint density at radius 1 is 1.54 bits per heavy atom. The SMILES string of the molecule is OCC1(F)CN(c2ccccn2)C1. The van der Waals surface area contributed by atoms with Crippen molar-refractivity contribution in [2.24, 2.45) is 0 Å². The molecule has 0 amide bonds. The first-order valence-electron chi connectivity index (χ1n) is 4.19. The average molecular weight is 182 g/mol. The Labute approximate surface area is 75.8 Å². The molecule has 2 rings (SSSR count). The fraction of sp³-hybridized carbons (Fsp3) is 0.444. The number of alkyl halides is 1. The summed E-state index contributed by atoms with van der Waals surface area (Å²) < 4.78 is 13.3. The topological polar surface area (TPSA) is 36.4 Å². The molecule has 1 aromatic heterocycles. The molecular weight excluding hydrogens is 171 g/mol. The maximum Gasteiger partial charge on any atom is 0.168 e. The molecule has 0 spiro atoms. The third-order valence-electron chi connectivity index (χ3n) is 2.21. The van der Waals surface area contributed by atoms with Gasteiger partial charge in [0, 0.05) is 6.20 Å². The number of aliphatic hydroxyl groups excluding tert-OH is 1. The highest BCUT2D eigenvalue weighted by Crippen LogP contribution is 2.28. The maximum absolute atomic E-state index is 13.3. The summed E-state index contributed by atoms with van der Waals surface area (Å²) in [5, 5.41) is 8.69. The number of anilines is 1. The zero-order valence-corrected chi connectivity index (χ0v) is 7.15. The van der Waals surface area contributed by atoms with E-state index >= 15 is 0 Å². The molecule has 0 radical (unpaired) electrons. The van der Waals surface area contributed by atoms with Crippen LogP contribution in [0.1, 0.15) is 0 Å². The molecule has 0 atom stereocenters. The highest BCUT2D eigenvalue weighted by atomic mass is 19.1. The minimum atomic E-state index is -1.42. The van der Waals surface area contributed by atoms with Crippen LogP contribution < -0.4 is 4.90 Å². The number of aliphatic hydroxyl groups is 1. The van der Waals surface area contributed by atoms with Crippen molar-refractivity contribution in [1.29, 1.82) is 0 Å². The summed E-state index contributed by atoms with van der Waals surface area (Å²) >= 11 is 0. The number of pyridine rings is 1. The summed E-state index contributed by atoms with van der Waals surface area (Å²) in [4.78, 5) is 5.88. The van der Waals surface area contributed by atoms with Crippen LogP contribution in [0.3, 0.4) is 0 Å². The Morgan fingerprint density at radius 2 is 2.31 bits per heavy atom. The van der Waals surface area contributed by atoms with Crippen molar-refractivity contribution in [2.75, 3.05) is 24.6 Å². The van der Waals surface area contributed by atoms with Gasteiger partial charge >= 0.3 is 0 Å². The van der Waals surface area contributed by atoms with Crippen LogP contribution >= 0.6 is 0 Å². The molecule has 1 aliphatic heterocycles. The minimum absolute atomic E-state index is 0.237. The zero-order chi connectivity index (χ0) is 9.31. The first-order chi connectivity index (χ1) is 6.23. The second-order valence-electron chi connectivity index (χ2n) is 3.35. The summed E-state index contributed by atoms with van der Waals surface area (Å²) in [6, 6.07) is 5.51. The van der Waals surface area contributed by atoms with Gasteiger partial charge in [-0.25, -0.2) is 9.37 Å². The summed E-state index contributed by atoms with van der Waals surface area (Å²) in [7, 11) is 0. The molecule has 0 unspecified atom stereocenters. The summed E-state index contributed by atoms with van der Waals surface area (Å²) in [6.45, 7) is 0.0668. The molecule has 1 aromatic rings. The van der Waals surface area contributed by atoms with Gasteiger partial charge in [-0.2, -0.15) is 0 Å². The summed E-state index contributed by atoms with van der Waals surface area (Å²) in [5.41, 5.74) is -1.42. The van der Waals surface area contributed by atoms with E-state index in [0.29, 0.717) is 0 Å². The number of halogens is 1. The van der Waals surface area contributed by atoms with Crippen molar-refractivity contribution in [3.8, 4) is 0 Å². The van der Waals surface area contributed by atoms with Gasteiger partial charge in [0.25, 0.3) is 0 Å². The van der Waals surface area contributed by atoms with Crippen LogP contribution in [0.2, 0.25) is 0 Å². The van der Waals surface area contributed by atoms with E-state index in [2.05, 4.69) is 4.98 Å². The smallest absolute Gasteiger partial charge is 0.168 e. The van der Waals surface area contributed by atoms with Crippen molar-refractivity contribution >= 4 is 5.82 Å². The lowest BCUT2D eigenvalue weighted by atomic mass is 9.98. The monoisotopic (exact) mass is 182 g/mol. The van der Waals surface area contributed by atoms with E-state index in [-0.39, 0.29) is 13.1 Å². The number of hydrogen-bond donors (Lipinski definition) is 1. The Bertz CT molecular complexity index is 285. The molecule has 0 bridgehead atoms. The van der Waals surface area contributed by atoms with Gasteiger partial charge in [-0.3, -0.25) is 0 Å². The Balaban J connectivity index is 2.01. The third kappa shape index (κ3) is 1.49. The fourth-order valence-electron chi connectivity index (χ4n) is 1.44. The van der Waals surface area contributed by atoms with Crippen molar-refractivity contribution in [2.45, 2.75) is 5.67 Å². The van der Waals surface area contributed by atoms with Crippen LogP contribution in [0, 0.1) is 0 Å². The summed E-state index contributed by atoms with van der Waals surface area (Å²) in [5.74, 6) is 0.768. The van der Waals surface area contributed by atoms with E-state index in [0.717, 1.165) is 5.82 Å². The fourth-order valence-corrected chi connectivity index (χ4v) is 1.44. The molecule has 2 heterocycles. The number of nitrogens with zero attached hydrogens (tertiary/aromatic N) is 2. The highest BCUT2D eigenvalue weighted by Gasteiger charge is 2.43. The van der Waals surface area contributed by atoms with Gasteiger partial charge in [0.2, 0.25) is 0 Å². The lowest BCUT2D eigenvalue weighted by Gasteiger charge is -2.43. The zero-order valence-electron chi connectivity index (χ0n) is 7.15. The average Bonchev–Trinajstić information content (AvgIpc) is 2.14. The standard InChI is InChI=1S/C9H11FN2O/c10-9(7-13)5-12(6-9)8-3-1-2-4-11-8/h1-4,13H,5-7H2. The molecule has 13 heavy (non-hydrogen) atoms. The number of hydrogen-bond acceptors (Lipinski definition) is 3. The van der Waals surface area contributed by atoms with Crippen molar-refractivity contribution in [3.05, 3.63) is 24.4 Å². The van der Waals surface area contributed by atoms with Gasteiger partial charge in [0.05, 0.1) is 19.7 Å². The summed E-state index contributed by atoms with van der Waals surface area (Å²) in [6.07, 6.45) is 1.67. The van der Waals surface area contributed by atoms with E-state index in [1.54, 1.807) is 11.1 Å². The Morgan fingerprint density at radius 3 is 2.85 bits per heavy atom. The lowest BCUT2D eigenvalue weighted by Crippen LogP contribution is -2.61. The molecule has 1 aliphatic rings.